The van der Waals surface area contributed by atoms with Gasteiger partial charge in [0.2, 0.25) is 0 Å². The summed E-state index contributed by atoms with van der Waals surface area (Å²) in [5.41, 5.74) is 2.48. The Morgan fingerprint density at radius 1 is 1.00 bits per heavy atom. The number of hydrogen-bond acceptors (Lipinski definition) is 3. The van der Waals surface area contributed by atoms with E-state index < -0.39 is 12.4 Å². The van der Waals surface area contributed by atoms with Crippen LogP contribution in [0, 0.1) is 23.7 Å². The summed E-state index contributed by atoms with van der Waals surface area (Å²) < 4.78 is 14.2. The molecule has 2 fully saturated rings. The fraction of sp³-hybridized carbons (Fsp3) is 0.778. The second kappa shape index (κ2) is 11.0. The van der Waals surface area contributed by atoms with Gasteiger partial charge in [0.1, 0.15) is 12.4 Å². The minimum atomic E-state index is -0.789. The first-order valence-corrected chi connectivity index (χ1v) is 14.5. The lowest BCUT2D eigenvalue weighted by atomic mass is 9.64. The molecule has 1 saturated heterocycles. The fourth-order valence-corrected chi connectivity index (χ4v) is 8.64. The summed E-state index contributed by atoms with van der Waals surface area (Å²) in [7, 11) is 0. The fourth-order valence-electron chi connectivity index (χ4n) is 7.33. The van der Waals surface area contributed by atoms with E-state index in [9.17, 15) is 9.50 Å². The van der Waals surface area contributed by atoms with Gasteiger partial charge in [-0.25, -0.2) is 4.39 Å². The summed E-state index contributed by atoms with van der Waals surface area (Å²) in [6.07, 6.45) is 13.8. The van der Waals surface area contributed by atoms with Gasteiger partial charge in [-0.3, -0.25) is 0 Å². The van der Waals surface area contributed by atoms with Crippen LogP contribution < -0.4 is 5.32 Å². The maximum Gasteiger partial charge on any atom is 0.146 e. The zero-order chi connectivity index (χ0) is 23.8. The minimum Gasteiger partial charge on any atom is -0.370 e. The van der Waals surface area contributed by atoms with Crippen LogP contribution in [0.25, 0.3) is 0 Å². The molecule has 2 N–H and O–H groups in total. The van der Waals surface area contributed by atoms with Crippen LogP contribution in [0.2, 0.25) is 0 Å². The summed E-state index contributed by atoms with van der Waals surface area (Å²) in [6, 6.07) is -0.217. The third kappa shape index (κ3) is 5.09. The summed E-state index contributed by atoms with van der Waals surface area (Å²) >= 11 is 20.4. The molecule has 0 spiro atoms. The van der Waals surface area contributed by atoms with Crippen LogP contribution in [0.5, 0.6) is 0 Å². The normalized spacial score (nSPS) is 43.9. The molecule has 1 saturated carbocycles. The van der Waals surface area contributed by atoms with Gasteiger partial charge in [0.25, 0.3) is 0 Å². The predicted octanol–water partition coefficient (Wildman–Crippen LogP) is 6.48. The monoisotopic (exact) mass is 530 g/mol. The van der Waals surface area contributed by atoms with Gasteiger partial charge in [0, 0.05) is 16.1 Å². The van der Waals surface area contributed by atoms with Gasteiger partial charge in [0.15, 0.2) is 0 Å². The maximum absolute atomic E-state index is 14.2. The first-order chi connectivity index (χ1) is 16.4. The van der Waals surface area contributed by atoms with Crippen LogP contribution in [0.1, 0.15) is 64.2 Å². The van der Waals surface area contributed by atoms with E-state index in [-0.39, 0.29) is 28.6 Å². The number of nitrogens with one attached hydrogen (secondary N) is 1. The van der Waals surface area contributed by atoms with Crippen molar-refractivity contribution in [3.63, 3.8) is 0 Å². The summed E-state index contributed by atoms with van der Waals surface area (Å²) in [6.45, 7) is 2.16. The van der Waals surface area contributed by atoms with Gasteiger partial charge >= 0.3 is 0 Å². The molecule has 7 heteroatoms. The highest BCUT2D eigenvalue weighted by molar-refractivity contribution is 6.32. The molecular weight excluding hydrogens is 494 g/mol. The first kappa shape index (κ1) is 25.4. The Balaban J connectivity index is 1.53. The van der Waals surface area contributed by atoms with E-state index in [0.717, 1.165) is 50.2 Å². The SMILES string of the molecule is OC1C=CC2=C(CC(C3CCCNCC3)CC2C2CCC(F)CC2Cl)N1C1C(Cl)=CCCC1Cl. The zero-order valence-corrected chi connectivity index (χ0v) is 22.1. The van der Waals surface area contributed by atoms with Gasteiger partial charge < -0.3 is 15.3 Å². The van der Waals surface area contributed by atoms with E-state index in [0.29, 0.717) is 24.7 Å². The number of rotatable bonds is 3. The third-order valence-electron chi connectivity index (χ3n) is 9.06. The third-order valence-corrected chi connectivity index (χ3v) is 10.4. The molecule has 0 aromatic heterocycles. The molecule has 3 nitrogen and oxygen atoms in total. The lowest BCUT2D eigenvalue weighted by Crippen LogP contribution is -2.51. The molecule has 5 rings (SSSR count). The van der Waals surface area contributed by atoms with Crippen molar-refractivity contribution in [2.45, 2.75) is 93.4 Å². The molecule has 0 amide bonds. The Hall–Kier alpha value is -0.260. The highest BCUT2D eigenvalue weighted by Gasteiger charge is 2.46. The van der Waals surface area contributed by atoms with Crippen molar-refractivity contribution in [2.24, 2.45) is 23.7 Å². The highest BCUT2D eigenvalue weighted by Crippen LogP contribution is 2.51. The van der Waals surface area contributed by atoms with E-state index in [1.807, 2.05) is 6.08 Å². The molecule has 0 aromatic carbocycles. The quantitative estimate of drug-likeness (QED) is 0.409. The molecule has 9 atom stereocenters. The highest BCUT2D eigenvalue weighted by atomic mass is 35.5. The van der Waals surface area contributed by atoms with Crippen LogP contribution in [0.15, 0.2) is 34.5 Å². The number of aliphatic hydroxyl groups is 1. The van der Waals surface area contributed by atoms with Crippen LogP contribution in [-0.4, -0.2) is 52.3 Å². The van der Waals surface area contributed by atoms with Crippen LogP contribution >= 0.6 is 34.8 Å². The molecule has 3 aliphatic carbocycles. The Morgan fingerprint density at radius 2 is 1.85 bits per heavy atom. The molecule has 0 radical (unpaired) electrons. The number of aliphatic hydroxyl groups excluding tert-OH is 1. The van der Waals surface area contributed by atoms with Crippen molar-refractivity contribution in [1.82, 2.24) is 10.2 Å². The molecule has 2 heterocycles. The number of nitrogens with zero attached hydrogens (tertiary/aromatic N) is 1. The van der Waals surface area contributed by atoms with E-state index in [2.05, 4.69) is 22.4 Å². The lowest BCUT2D eigenvalue weighted by Gasteiger charge is -2.50. The van der Waals surface area contributed by atoms with Crippen molar-refractivity contribution in [1.29, 1.82) is 0 Å². The number of allylic oxidation sites excluding steroid dienone is 4. The van der Waals surface area contributed by atoms with Gasteiger partial charge in [-0.15, -0.1) is 23.2 Å². The van der Waals surface area contributed by atoms with Crippen LogP contribution in [0.3, 0.4) is 0 Å². The Kier molecular flexibility index (Phi) is 8.22. The predicted molar refractivity (Wildman–Crippen MR) is 139 cm³/mol. The molecular formula is C27H38Cl3FN2O. The summed E-state index contributed by atoms with van der Waals surface area (Å²) in [5.74, 6) is 1.71. The molecule has 2 aliphatic heterocycles. The average molecular weight is 532 g/mol. The van der Waals surface area contributed by atoms with Crippen LogP contribution in [0.4, 0.5) is 4.39 Å². The topological polar surface area (TPSA) is 35.5 Å². The number of alkyl halides is 3. The average Bonchev–Trinajstić information content (AvgIpc) is 3.09. The van der Waals surface area contributed by atoms with Crippen LogP contribution in [-0.2, 0) is 0 Å². The standard InChI is InChI=1S/C27H38Cl3FN2O/c28-22-4-1-5-23(29)27(22)33-25-14-17(16-3-2-11-32-12-10-16)13-21(20(25)8-9-26(33)34)19-7-6-18(31)15-24(19)30/h4,8-9,16-19,21,23-24,26-27,32,34H,1-3,5-7,10-15H2. The Morgan fingerprint density at radius 3 is 2.65 bits per heavy atom. The molecule has 0 bridgehead atoms. The minimum absolute atomic E-state index is 0.143. The molecule has 34 heavy (non-hydrogen) atoms. The Labute approximate surface area is 218 Å². The maximum atomic E-state index is 14.2. The van der Waals surface area contributed by atoms with Gasteiger partial charge in [-0.05, 0) is 113 Å². The van der Waals surface area contributed by atoms with Crippen molar-refractivity contribution in [3.8, 4) is 0 Å². The number of hydrogen-bond donors (Lipinski definition) is 2. The van der Waals surface area contributed by atoms with E-state index in [1.165, 1.54) is 30.5 Å². The molecule has 5 aliphatic rings. The number of halogens is 4. The molecule has 0 aromatic rings. The molecule has 190 valence electrons. The van der Waals surface area contributed by atoms with Crippen molar-refractivity contribution < 1.29 is 9.50 Å². The zero-order valence-electron chi connectivity index (χ0n) is 19.8. The van der Waals surface area contributed by atoms with Crippen molar-refractivity contribution in [2.75, 3.05) is 13.1 Å². The van der Waals surface area contributed by atoms with Crippen molar-refractivity contribution in [3.05, 3.63) is 34.5 Å². The van der Waals surface area contributed by atoms with Gasteiger partial charge in [-0.1, -0.05) is 23.8 Å². The lowest BCUT2D eigenvalue weighted by molar-refractivity contribution is 0.0271. The Bertz CT molecular complexity index is 825. The summed E-state index contributed by atoms with van der Waals surface area (Å²) in [4.78, 5) is 2.11. The second-order valence-corrected chi connectivity index (χ2v) is 12.6. The van der Waals surface area contributed by atoms with E-state index in [1.54, 1.807) is 0 Å². The van der Waals surface area contributed by atoms with E-state index >= 15 is 0 Å². The van der Waals surface area contributed by atoms with E-state index in [4.69, 9.17) is 34.8 Å². The smallest absolute Gasteiger partial charge is 0.146 e. The largest absolute Gasteiger partial charge is 0.370 e. The van der Waals surface area contributed by atoms with Crippen molar-refractivity contribution >= 4 is 34.8 Å². The summed E-state index contributed by atoms with van der Waals surface area (Å²) in [5, 5.41) is 15.2. The van der Waals surface area contributed by atoms with Gasteiger partial charge in [0.05, 0.1) is 11.4 Å². The second-order valence-electron chi connectivity index (χ2n) is 11.0. The first-order valence-electron chi connectivity index (χ1n) is 13.3. The molecule has 9 unspecified atom stereocenters. The van der Waals surface area contributed by atoms with Gasteiger partial charge in [-0.2, -0.15) is 0 Å².